The van der Waals surface area contributed by atoms with E-state index in [0.29, 0.717) is 5.25 Å². The quantitative estimate of drug-likeness (QED) is 0.803. The molecule has 1 nitrogen and oxygen atoms in total. The van der Waals surface area contributed by atoms with Gasteiger partial charge in [-0.1, -0.05) is 38.4 Å². The minimum Gasteiger partial charge on any atom is -0.327 e. The molecule has 0 aliphatic heterocycles. The Morgan fingerprint density at radius 1 is 1.38 bits per heavy atom. The molecule has 1 unspecified atom stereocenters. The molecule has 0 fully saturated rings. The highest BCUT2D eigenvalue weighted by Crippen LogP contribution is 2.31. The summed E-state index contributed by atoms with van der Waals surface area (Å²) in [6.07, 6.45) is 1.91. The molecule has 16 heavy (non-hydrogen) atoms. The SMILES string of the molecule is CCC(N)Cc1ccc(SC(C)C)c(Cl)c1. The molecule has 0 saturated carbocycles. The average Bonchev–Trinajstić information content (AvgIpc) is 2.21. The number of rotatable bonds is 5. The third-order valence-electron chi connectivity index (χ3n) is 2.38. The first-order valence-electron chi connectivity index (χ1n) is 5.73. The van der Waals surface area contributed by atoms with Crippen molar-refractivity contribution in [1.29, 1.82) is 0 Å². The van der Waals surface area contributed by atoms with Crippen molar-refractivity contribution in [2.45, 2.75) is 49.8 Å². The van der Waals surface area contributed by atoms with Crippen LogP contribution in [0.5, 0.6) is 0 Å². The highest BCUT2D eigenvalue weighted by atomic mass is 35.5. The van der Waals surface area contributed by atoms with Crippen LogP contribution in [-0.4, -0.2) is 11.3 Å². The van der Waals surface area contributed by atoms with Crippen molar-refractivity contribution in [3.05, 3.63) is 28.8 Å². The molecule has 0 aliphatic rings. The van der Waals surface area contributed by atoms with Crippen LogP contribution in [0.3, 0.4) is 0 Å². The van der Waals surface area contributed by atoms with Crippen LogP contribution in [0.25, 0.3) is 0 Å². The van der Waals surface area contributed by atoms with Crippen molar-refractivity contribution in [2.75, 3.05) is 0 Å². The van der Waals surface area contributed by atoms with Gasteiger partial charge in [0, 0.05) is 16.2 Å². The van der Waals surface area contributed by atoms with Crippen LogP contribution in [-0.2, 0) is 6.42 Å². The molecule has 1 atom stereocenters. The summed E-state index contributed by atoms with van der Waals surface area (Å²) in [5.41, 5.74) is 7.15. The fourth-order valence-electron chi connectivity index (χ4n) is 1.47. The van der Waals surface area contributed by atoms with E-state index in [1.165, 1.54) is 5.56 Å². The molecule has 0 aromatic heterocycles. The van der Waals surface area contributed by atoms with E-state index in [1.807, 2.05) is 6.07 Å². The first kappa shape index (κ1) is 13.9. The van der Waals surface area contributed by atoms with Crippen molar-refractivity contribution in [1.82, 2.24) is 0 Å². The molecule has 1 aromatic carbocycles. The van der Waals surface area contributed by atoms with E-state index in [2.05, 4.69) is 32.9 Å². The van der Waals surface area contributed by atoms with Crippen LogP contribution >= 0.6 is 23.4 Å². The summed E-state index contributed by atoms with van der Waals surface area (Å²) < 4.78 is 0. The van der Waals surface area contributed by atoms with Crippen molar-refractivity contribution in [3.8, 4) is 0 Å². The van der Waals surface area contributed by atoms with Gasteiger partial charge in [-0.2, -0.15) is 0 Å². The first-order chi connectivity index (χ1) is 7.52. The fraction of sp³-hybridized carbons (Fsp3) is 0.538. The van der Waals surface area contributed by atoms with Gasteiger partial charge >= 0.3 is 0 Å². The number of thioether (sulfide) groups is 1. The summed E-state index contributed by atoms with van der Waals surface area (Å²) in [5.74, 6) is 0. The Labute approximate surface area is 108 Å². The number of hydrogen-bond acceptors (Lipinski definition) is 2. The normalized spacial score (nSPS) is 13.1. The Hall–Kier alpha value is -0.180. The van der Waals surface area contributed by atoms with Gasteiger partial charge in [0.15, 0.2) is 0 Å². The molecule has 0 amide bonds. The second kappa shape index (κ2) is 6.53. The Kier molecular flexibility index (Phi) is 5.67. The van der Waals surface area contributed by atoms with Crippen LogP contribution in [0.4, 0.5) is 0 Å². The topological polar surface area (TPSA) is 26.0 Å². The summed E-state index contributed by atoms with van der Waals surface area (Å²) >= 11 is 8.03. The van der Waals surface area contributed by atoms with E-state index in [0.717, 1.165) is 22.8 Å². The number of hydrogen-bond donors (Lipinski definition) is 1. The lowest BCUT2D eigenvalue weighted by atomic mass is 10.1. The minimum absolute atomic E-state index is 0.236. The molecule has 0 spiro atoms. The van der Waals surface area contributed by atoms with Gasteiger partial charge in [-0.15, -0.1) is 11.8 Å². The van der Waals surface area contributed by atoms with Gasteiger partial charge in [-0.05, 0) is 30.5 Å². The highest BCUT2D eigenvalue weighted by molar-refractivity contribution is 8.00. The summed E-state index contributed by atoms with van der Waals surface area (Å²) in [7, 11) is 0. The second-order valence-electron chi connectivity index (χ2n) is 4.30. The molecular formula is C13H20ClNS. The average molecular weight is 258 g/mol. The Bertz CT molecular complexity index is 339. The number of benzene rings is 1. The lowest BCUT2D eigenvalue weighted by Crippen LogP contribution is -2.21. The standard InChI is InChI=1S/C13H20ClNS/c1-4-11(15)7-10-5-6-13(12(14)8-10)16-9(2)3/h5-6,8-9,11H,4,7,15H2,1-3H3. The Morgan fingerprint density at radius 2 is 2.06 bits per heavy atom. The zero-order valence-electron chi connectivity index (χ0n) is 10.2. The molecule has 0 heterocycles. The number of nitrogens with two attached hydrogens (primary N) is 1. The largest absolute Gasteiger partial charge is 0.327 e. The van der Waals surface area contributed by atoms with Gasteiger partial charge in [0.1, 0.15) is 0 Å². The van der Waals surface area contributed by atoms with Gasteiger partial charge in [-0.25, -0.2) is 0 Å². The molecular weight excluding hydrogens is 238 g/mol. The molecule has 0 bridgehead atoms. The molecule has 0 radical (unpaired) electrons. The lowest BCUT2D eigenvalue weighted by molar-refractivity contribution is 0.646. The third-order valence-corrected chi connectivity index (χ3v) is 3.89. The second-order valence-corrected chi connectivity index (χ2v) is 6.33. The summed E-state index contributed by atoms with van der Waals surface area (Å²) in [5, 5.41) is 1.40. The fourth-order valence-corrected chi connectivity index (χ4v) is 2.63. The van der Waals surface area contributed by atoms with Crippen LogP contribution in [0, 0.1) is 0 Å². The molecule has 1 rings (SSSR count). The van der Waals surface area contributed by atoms with Gasteiger partial charge in [0.2, 0.25) is 0 Å². The van der Waals surface area contributed by atoms with E-state index in [1.54, 1.807) is 11.8 Å². The highest BCUT2D eigenvalue weighted by Gasteiger charge is 2.07. The van der Waals surface area contributed by atoms with Crippen molar-refractivity contribution < 1.29 is 0 Å². The molecule has 1 aromatic rings. The van der Waals surface area contributed by atoms with Gasteiger partial charge in [0.25, 0.3) is 0 Å². The van der Waals surface area contributed by atoms with E-state index < -0.39 is 0 Å². The maximum atomic E-state index is 6.24. The van der Waals surface area contributed by atoms with E-state index in [-0.39, 0.29) is 6.04 Å². The van der Waals surface area contributed by atoms with E-state index in [4.69, 9.17) is 17.3 Å². The molecule has 3 heteroatoms. The number of halogens is 1. The van der Waals surface area contributed by atoms with Crippen LogP contribution in [0.1, 0.15) is 32.8 Å². The zero-order chi connectivity index (χ0) is 12.1. The van der Waals surface area contributed by atoms with E-state index in [9.17, 15) is 0 Å². The summed E-state index contributed by atoms with van der Waals surface area (Å²) in [4.78, 5) is 1.16. The maximum absolute atomic E-state index is 6.24. The lowest BCUT2D eigenvalue weighted by Gasteiger charge is -2.11. The third kappa shape index (κ3) is 4.36. The maximum Gasteiger partial charge on any atom is 0.0544 e. The Morgan fingerprint density at radius 3 is 2.56 bits per heavy atom. The van der Waals surface area contributed by atoms with Crippen molar-refractivity contribution >= 4 is 23.4 Å². The molecule has 0 saturated heterocycles. The molecule has 0 aliphatic carbocycles. The Balaban J connectivity index is 2.74. The molecule has 90 valence electrons. The molecule has 2 N–H and O–H groups in total. The predicted molar refractivity (Wildman–Crippen MR) is 74.4 cm³/mol. The predicted octanol–water partition coefficient (Wildman–Crippen LogP) is 4.12. The van der Waals surface area contributed by atoms with Crippen LogP contribution in [0.15, 0.2) is 23.1 Å². The monoisotopic (exact) mass is 257 g/mol. The van der Waals surface area contributed by atoms with Gasteiger partial charge in [0.05, 0.1) is 5.02 Å². The summed E-state index contributed by atoms with van der Waals surface area (Å²) in [6, 6.07) is 6.51. The van der Waals surface area contributed by atoms with Crippen LogP contribution in [0.2, 0.25) is 5.02 Å². The van der Waals surface area contributed by atoms with E-state index >= 15 is 0 Å². The minimum atomic E-state index is 0.236. The van der Waals surface area contributed by atoms with Gasteiger partial charge < -0.3 is 5.73 Å². The smallest absolute Gasteiger partial charge is 0.0544 e. The van der Waals surface area contributed by atoms with Crippen molar-refractivity contribution in [2.24, 2.45) is 5.73 Å². The zero-order valence-corrected chi connectivity index (χ0v) is 11.7. The van der Waals surface area contributed by atoms with Crippen molar-refractivity contribution in [3.63, 3.8) is 0 Å². The summed E-state index contributed by atoms with van der Waals surface area (Å²) in [6.45, 7) is 6.44. The van der Waals surface area contributed by atoms with Crippen LogP contribution < -0.4 is 5.73 Å². The first-order valence-corrected chi connectivity index (χ1v) is 6.99. The van der Waals surface area contributed by atoms with Gasteiger partial charge in [-0.3, -0.25) is 0 Å².